The summed E-state index contributed by atoms with van der Waals surface area (Å²) < 4.78 is 1.90. The Balaban J connectivity index is 2.11. The maximum atomic E-state index is 7.76. The van der Waals surface area contributed by atoms with Crippen LogP contribution in [0.4, 0.5) is 0 Å². The number of amidine groups is 1. The molecule has 106 valence electrons. The highest BCUT2D eigenvalue weighted by atomic mass is 32.2. The molecule has 7 heteroatoms. The zero-order valence-corrected chi connectivity index (χ0v) is 12.5. The molecule has 0 bridgehead atoms. The Morgan fingerprint density at radius 3 is 2.86 bits per heavy atom. The molecule has 0 unspecified atom stereocenters. The average molecular weight is 298 g/mol. The predicted molar refractivity (Wildman–Crippen MR) is 81.8 cm³/mol. The van der Waals surface area contributed by atoms with Gasteiger partial charge in [0, 0.05) is 22.5 Å². The van der Waals surface area contributed by atoms with Gasteiger partial charge >= 0.3 is 0 Å². The van der Waals surface area contributed by atoms with Crippen LogP contribution in [0.1, 0.15) is 17.0 Å². The minimum atomic E-state index is 0.0105. The summed E-state index contributed by atoms with van der Waals surface area (Å²) in [7, 11) is 0. The van der Waals surface area contributed by atoms with Crippen LogP contribution in [0.2, 0.25) is 0 Å². The van der Waals surface area contributed by atoms with E-state index in [1.54, 1.807) is 0 Å². The van der Waals surface area contributed by atoms with Crippen molar-refractivity contribution in [3.63, 3.8) is 0 Å². The lowest BCUT2D eigenvalue weighted by Gasteiger charge is -2.10. The molecule has 0 aliphatic rings. The van der Waals surface area contributed by atoms with Gasteiger partial charge in [0.25, 0.3) is 0 Å². The van der Waals surface area contributed by atoms with Crippen molar-refractivity contribution in [3.8, 4) is 0 Å². The molecule has 3 aromatic heterocycles. The number of nitrogens with zero attached hydrogens (tertiary/aromatic N) is 4. The summed E-state index contributed by atoms with van der Waals surface area (Å²) >= 11 is 1.44. The third-order valence-corrected chi connectivity index (χ3v) is 4.05. The van der Waals surface area contributed by atoms with E-state index in [-0.39, 0.29) is 5.84 Å². The van der Waals surface area contributed by atoms with Crippen LogP contribution in [-0.2, 0) is 0 Å². The lowest BCUT2D eigenvalue weighted by atomic mass is 10.1. The first-order valence-corrected chi connectivity index (χ1v) is 7.18. The summed E-state index contributed by atoms with van der Waals surface area (Å²) in [5.74, 6) is 0.0105. The third kappa shape index (κ3) is 2.47. The minimum Gasteiger partial charge on any atom is -0.384 e. The van der Waals surface area contributed by atoms with Crippen LogP contribution in [0.5, 0.6) is 0 Å². The lowest BCUT2D eigenvalue weighted by molar-refractivity contribution is 0.920. The van der Waals surface area contributed by atoms with Crippen molar-refractivity contribution in [2.75, 3.05) is 0 Å². The second-order valence-corrected chi connectivity index (χ2v) is 5.66. The number of nitrogens with one attached hydrogen (secondary N) is 1. The van der Waals surface area contributed by atoms with Crippen LogP contribution >= 0.6 is 11.8 Å². The zero-order valence-electron chi connectivity index (χ0n) is 11.7. The Labute approximate surface area is 125 Å². The van der Waals surface area contributed by atoms with Gasteiger partial charge < -0.3 is 5.73 Å². The van der Waals surface area contributed by atoms with Crippen LogP contribution in [0.25, 0.3) is 5.65 Å². The van der Waals surface area contributed by atoms with Gasteiger partial charge in [-0.15, -0.1) is 10.2 Å². The highest BCUT2D eigenvalue weighted by Crippen LogP contribution is 2.31. The molecule has 0 aromatic carbocycles. The van der Waals surface area contributed by atoms with Crippen molar-refractivity contribution in [1.29, 1.82) is 5.41 Å². The predicted octanol–water partition coefficient (Wildman–Crippen LogP) is 2.18. The SMILES string of the molecule is Cc1cc(Sc2nnc3ccccn23)c(C(=N)N)c(C)n1. The van der Waals surface area contributed by atoms with E-state index in [1.807, 2.05) is 48.7 Å². The Bertz CT molecular complexity index is 839. The number of fused-ring (bicyclic) bond motifs is 1. The number of pyridine rings is 2. The number of aromatic nitrogens is 4. The number of nitrogen functional groups attached to an aromatic ring is 1. The summed E-state index contributed by atoms with van der Waals surface area (Å²) in [5.41, 5.74) is 8.76. The second-order valence-electron chi connectivity index (χ2n) is 4.65. The number of rotatable bonds is 3. The highest BCUT2D eigenvalue weighted by molar-refractivity contribution is 7.99. The fourth-order valence-electron chi connectivity index (χ4n) is 2.19. The van der Waals surface area contributed by atoms with Gasteiger partial charge in [-0.2, -0.15) is 0 Å². The molecule has 0 saturated heterocycles. The molecule has 0 aliphatic carbocycles. The molecular formula is C14H14N6S. The molecule has 3 aromatic rings. The Morgan fingerprint density at radius 1 is 1.29 bits per heavy atom. The minimum absolute atomic E-state index is 0.0105. The topological polar surface area (TPSA) is 93.0 Å². The molecule has 0 atom stereocenters. The maximum absolute atomic E-state index is 7.76. The highest BCUT2D eigenvalue weighted by Gasteiger charge is 2.15. The number of hydrogen-bond acceptors (Lipinski definition) is 5. The molecule has 21 heavy (non-hydrogen) atoms. The summed E-state index contributed by atoms with van der Waals surface area (Å²) in [4.78, 5) is 5.24. The van der Waals surface area contributed by atoms with Crippen LogP contribution < -0.4 is 5.73 Å². The summed E-state index contributed by atoms with van der Waals surface area (Å²) in [6.07, 6.45) is 1.91. The number of aryl methyl sites for hydroxylation is 2. The smallest absolute Gasteiger partial charge is 0.200 e. The molecule has 3 N–H and O–H groups in total. The van der Waals surface area contributed by atoms with E-state index in [4.69, 9.17) is 11.1 Å². The molecule has 6 nitrogen and oxygen atoms in total. The third-order valence-electron chi connectivity index (χ3n) is 3.05. The first-order valence-electron chi connectivity index (χ1n) is 6.36. The van der Waals surface area contributed by atoms with Crippen LogP contribution in [-0.4, -0.2) is 25.4 Å². The molecule has 3 rings (SSSR count). The largest absolute Gasteiger partial charge is 0.384 e. The quantitative estimate of drug-likeness (QED) is 0.571. The van der Waals surface area contributed by atoms with E-state index < -0.39 is 0 Å². The molecule has 3 heterocycles. The van der Waals surface area contributed by atoms with Gasteiger partial charge in [-0.05, 0) is 43.8 Å². The van der Waals surface area contributed by atoms with Crippen molar-refractivity contribution in [2.45, 2.75) is 23.9 Å². The van der Waals surface area contributed by atoms with Gasteiger partial charge in [-0.1, -0.05) is 6.07 Å². The summed E-state index contributed by atoms with van der Waals surface area (Å²) in [6.45, 7) is 3.78. The van der Waals surface area contributed by atoms with E-state index >= 15 is 0 Å². The van der Waals surface area contributed by atoms with Crippen LogP contribution in [0, 0.1) is 19.3 Å². The van der Waals surface area contributed by atoms with E-state index in [0.717, 1.165) is 27.1 Å². The number of nitrogens with two attached hydrogens (primary N) is 1. The molecule has 0 radical (unpaired) electrons. The second kappa shape index (κ2) is 5.17. The van der Waals surface area contributed by atoms with E-state index in [0.29, 0.717) is 5.56 Å². The first-order chi connectivity index (χ1) is 10.1. The van der Waals surface area contributed by atoms with Gasteiger partial charge in [0.15, 0.2) is 10.8 Å². The molecule has 0 aliphatic heterocycles. The van der Waals surface area contributed by atoms with Crippen LogP contribution in [0.15, 0.2) is 40.5 Å². The Kier molecular flexibility index (Phi) is 3.34. The molecule has 0 spiro atoms. The molecule has 0 fully saturated rings. The molecular weight excluding hydrogens is 284 g/mol. The van der Waals surface area contributed by atoms with Crippen molar-refractivity contribution < 1.29 is 0 Å². The Morgan fingerprint density at radius 2 is 2.10 bits per heavy atom. The fraction of sp³-hybridized carbons (Fsp3) is 0.143. The van der Waals surface area contributed by atoms with E-state index in [1.165, 1.54) is 11.8 Å². The van der Waals surface area contributed by atoms with Crippen molar-refractivity contribution in [1.82, 2.24) is 19.6 Å². The first kappa shape index (κ1) is 13.6. The van der Waals surface area contributed by atoms with Crippen molar-refractivity contribution in [3.05, 3.63) is 47.4 Å². The normalized spacial score (nSPS) is 11.0. The van der Waals surface area contributed by atoms with Crippen LogP contribution in [0.3, 0.4) is 0 Å². The zero-order chi connectivity index (χ0) is 15.0. The van der Waals surface area contributed by atoms with E-state index in [2.05, 4.69) is 15.2 Å². The Hall–Kier alpha value is -2.41. The monoisotopic (exact) mass is 298 g/mol. The number of hydrogen-bond donors (Lipinski definition) is 2. The van der Waals surface area contributed by atoms with Gasteiger partial charge in [0.05, 0.1) is 5.56 Å². The average Bonchev–Trinajstić information content (AvgIpc) is 2.81. The molecule has 0 saturated carbocycles. The van der Waals surface area contributed by atoms with Crippen molar-refractivity contribution in [2.24, 2.45) is 5.73 Å². The van der Waals surface area contributed by atoms with Gasteiger partial charge in [0.1, 0.15) is 5.84 Å². The van der Waals surface area contributed by atoms with E-state index in [9.17, 15) is 0 Å². The lowest BCUT2D eigenvalue weighted by Crippen LogP contribution is -2.15. The van der Waals surface area contributed by atoms with Crippen molar-refractivity contribution >= 4 is 23.2 Å². The van der Waals surface area contributed by atoms with Gasteiger partial charge in [-0.25, -0.2) is 0 Å². The molecule has 0 amide bonds. The van der Waals surface area contributed by atoms with Gasteiger partial charge in [0.2, 0.25) is 0 Å². The van der Waals surface area contributed by atoms with Gasteiger partial charge in [-0.3, -0.25) is 14.8 Å². The summed E-state index contributed by atoms with van der Waals surface area (Å²) in [6, 6.07) is 7.65. The standard InChI is InChI=1S/C14H14N6S/c1-8-7-10(12(13(15)16)9(2)17-8)21-14-19-18-11-5-3-4-6-20(11)14/h3-7H,1-2H3,(H3,15,16). The maximum Gasteiger partial charge on any atom is 0.200 e. The fourth-order valence-corrected chi connectivity index (χ4v) is 3.31. The summed E-state index contributed by atoms with van der Waals surface area (Å²) in [5, 5.41) is 16.8.